The van der Waals surface area contributed by atoms with Gasteiger partial charge >= 0.3 is 0 Å². The molecule has 1 saturated carbocycles. The molecule has 1 fully saturated rings. The molecule has 0 heterocycles. The molecule has 1 aliphatic rings. The van der Waals surface area contributed by atoms with Crippen molar-refractivity contribution >= 4 is 0 Å². The summed E-state index contributed by atoms with van der Waals surface area (Å²) in [7, 11) is 4.28. The van der Waals surface area contributed by atoms with Crippen LogP contribution in [-0.4, -0.2) is 31.6 Å². The molecule has 2 rings (SSSR count). The lowest BCUT2D eigenvalue weighted by Crippen LogP contribution is -2.17. The Bertz CT molecular complexity index is 297. The number of hydrogen-bond acceptors (Lipinski definition) is 2. The van der Waals surface area contributed by atoms with Crippen molar-refractivity contribution in [3.63, 3.8) is 0 Å². The van der Waals surface area contributed by atoms with E-state index in [-0.39, 0.29) is 0 Å². The molecule has 82 valence electrons. The highest BCUT2D eigenvalue weighted by Gasteiger charge is 2.38. The molecule has 0 radical (unpaired) electrons. The highest BCUT2D eigenvalue weighted by molar-refractivity contribution is 5.13. The van der Waals surface area contributed by atoms with E-state index in [4.69, 9.17) is 4.74 Å². The van der Waals surface area contributed by atoms with Crippen LogP contribution in [0.25, 0.3) is 0 Å². The summed E-state index contributed by atoms with van der Waals surface area (Å²) in [5.41, 5.74) is 1.26. The minimum absolute atomic E-state index is 0.748. The fourth-order valence-corrected chi connectivity index (χ4v) is 1.95. The summed E-state index contributed by atoms with van der Waals surface area (Å²) in [5.74, 6) is 0.753. The zero-order valence-electron chi connectivity index (χ0n) is 9.52. The Morgan fingerprint density at radius 3 is 2.60 bits per heavy atom. The number of rotatable bonds is 5. The highest BCUT2D eigenvalue weighted by Crippen LogP contribution is 2.34. The van der Waals surface area contributed by atoms with Crippen LogP contribution in [0.2, 0.25) is 0 Å². The Labute approximate surface area is 91.9 Å². The molecule has 2 nitrogen and oxygen atoms in total. The second kappa shape index (κ2) is 4.77. The zero-order valence-corrected chi connectivity index (χ0v) is 9.52. The van der Waals surface area contributed by atoms with Gasteiger partial charge in [-0.25, -0.2) is 0 Å². The molecule has 1 aliphatic carbocycles. The summed E-state index contributed by atoms with van der Waals surface area (Å²) in [5, 5.41) is 0. The maximum Gasteiger partial charge on any atom is 0.0717 e. The predicted molar refractivity (Wildman–Crippen MR) is 61.7 cm³/mol. The molecular weight excluding hydrogens is 186 g/mol. The lowest BCUT2D eigenvalue weighted by molar-refractivity contribution is 0.105. The quantitative estimate of drug-likeness (QED) is 0.730. The van der Waals surface area contributed by atoms with Gasteiger partial charge in [0.05, 0.1) is 13.2 Å². The topological polar surface area (TPSA) is 12.5 Å². The van der Waals surface area contributed by atoms with Gasteiger partial charge in [0, 0.05) is 6.04 Å². The smallest absolute Gasteiger partial charge is 0.0717 e. The fraction of sp³-hybridized carbons (Fsp3) is 0.538. The van der Waals surface area contributed by atoms with Gasteiger partial charge in [0.1, 0.15) is 0 Å². The Morgan fingerprint density at radius 2 is 2.00 bits per heavy atom. The SMILES string of the molecule is CN(C)C1CC1COCc1ccccc1. The van der Waals surface area contributed by atoms with Gasteiger partial charge in [-0.05, 0) is 32.0 Å². The average molecular weight is 205 g/mol. The van der Waals surface area contributed by atoms with Crippen molar-refractivity contribution in [2.24, 2.45) is 5.92 Å². The molecule has 0 bridgehead atoms. The van der Waals surface area contributed by atoms with Crippen LogP contribution < -0.4 is 0 Å². The van der Waals surface area contributed by atoms with Crippen LogP contribution in [0.1, 0.15) is 12.0 Å². The zero-order chi connectivity index (χ0) is 10.7. The lowest BCUT2D eigenvalue weighted by atomic mass is 10.2. The standard InChI is InChI=1S/C13H19NO/c1-14(2)13-8-12(13)10-15-9-11-6-4-3-5-7-11/h3-7,12-13H,8-10H2,1-2H3. The molecule has 15 heavy (non-hydrogen) atoms. The third-order valence-electron chi connectivity index (χ3n) is 2.99. The molecule has 2 heteroatoms. The largest absolute Gasteiger partial charge is 0.376 e. The number of benzene rings is 1. The van der Waals surface area contributed by atoms with Gasteiger partial charge in [-0.1, -0.05) is 30.3 Å². The number of nitrogens with zero attached hydrogens (tertiary/aromatic N) is 1. The fourth-order valence-electron chi connectivity index (χ4n) is 1.95. The van der Waals surface area contributed by atoms with Crippen LogP contribution in [0.5, 0.6) is 0 Å². The maximum atomic E-state index is 5.70. The van der Waals surface area contributed by atoms with E-state index in [0.717, 1.165) is 25.2 Å². The highest BCUT2D eigenvalue weighted by atomic mass is 16.5. The summed E-state index contributed by atoms with van der Waals surface area (Å²) in [6.07, 6.45) is 1.29. The van der Waals surface area contributed by atoms with E-state index >= 15 is 0 Å². The molecule has 0 aliphatic heterocycles. The van der Waals surface area contributed by atoms with Crippen LogP contribution in [0.3, 0.4) is 0 Å². The normalized spacial score (nSPS) is 24.5. The van der Waals surface area contributed by atoms with Crippen LogP contribution >= 0.6 is 0 Å². The van der Waals surface area contributed by atoms with E-state index in [9.17, 15) is 0 Å². The van der Waals surface area contributed by atoms with Crippen molar-refractivity contribution in [3.8, 4) is 0 Å². The first kappa shape index (κ1) is 10.7. The van der Waals surface area contributed by atoms with E-state index in [0.29, 0.717) is 0 Å². The molecule has 0 spiro atoms. The van der Waals surface area contributed by atoms with Crippen molar-refractivity contribution < 1.29 is 4.74 Å². The average Bonchev–Trinajstić information content (AvgIpc) is 2.99. The third kappa shape index (κ3) is 3.05. The molecule has 2 unspecified atom stereocenters. The van der Waals surface area contributed by atoms with Gasteiger partial charge in [-0.15, -0.1) is 0 Å². The second-order valence-electron chi connectivity index (χ2n) is 4.53. The van der Waals surface area contributed by atoms with Gasteiger partial charge < -0.3 is 9.64 Å². The van der Waals surface area contributed by atoms with Crippen molar-refractivity contribution in [2.45, 2.75) is 19.1 Å². The summed E-state index contributed by atoms with van der Waals surface area (Å²) in [4.78, 5) is 2.29. The van der Waals surface area contributed by atoms with E-state index in [2.05, 4.69) is 43.3 Å². The minimum atomic E-state index is 0.748. The Morgan fingerprint density at radius 1 is 1.27 bits per heavy atom. The van der Waals surface area contributed by atoms with E-state index in [1.807, 2.05) is 6.07 Å². The Balaban J connectivity index is 1.65. The van der Waals surface area contributed by atoms with Crippen LogP contribution in [0.15, 0.2) is 30.3 Å². The van der Waals surface area contributed by atoms with Crippen LogP contribution in [-0.2, 0) is 11.3 Å². The van der Waals surface area contributed by atoms with Crippen molar-refractivity contribution in [3.05, 3.63) is 35.9 Å². The van der Waals surface area contributed by atoms with Gasteiger partial charge in [-0.3, -0.25) is 0 Å². The molecule has 0 aromatic heterocycles. The van der Waals surface area contributed by atoms with Gasteiger partial charge in [0.25, 0.3) is 0 Å². The van der Waals surface area contributed by atoms with Crippen LogP contribution in [0.4, 0.5) is 0 Å². The van der Waals surface area contributed by atoms with Crippen molar-refractivity contribution in [1.29, 1.82) is 0 Å². The van der Waals surface area contributed by atoms with Crippen molar-refractivity contribution in [1.82, 2.24) is 4.90 Å². The van der Waals surface area contributed by atoms with Gasteiger partial charge in [0.15, 0.2) is 0 Å². The number of hydrogen-bond donors (Lipinski definition) is 0. The molecular formula is C13H19NO. The van der Waals surface area contributed by atoms with Crippen LogP contribution in [0, 0.1) is 5.92 Å². The first-order valence-electron chi connectivity index (χ1n) is 5.55. The minimum Gasteiger partial charge on any atom is -0.376 e. The maximum absolute atomic E-state index is 5.70. The van der Waals surface area contributed by atoms with E-state index in [1.54, 1.807) is 0 Å². The molecule has 2 atom stereocenters. The molecule has 0 amide bonds. The summed E-state index contributed by atoms with van der Waals surface area (Å²) in [6, 6.07) is 11.1. The second-order valence-corrected chi connectivity index (χ2v) is 4.53. The molecule has 1 aromatic rings. The first-order chi connectivity index (χ1) is 7.27. The summed E-state index contributed by atoms with van der Waals surface area (Å²) in [6.45, 7) is 1.65. The molecule has 0 N–H and O–H groups in total. The van der Waals surface area contributed by atoms with Crippen molar-refractivity contribution in [2.75, 3.05) is 20.7 Å². The molecule has 0 saturated heterocycles. The summed E-state index contributed by atoms with van der Waals surface area (Å²) >= 11 is 0. The van der Waals surface area contributed by atoms with Gasteiger partial charge in [-0.2, -0.15) is 0 Å². The number of ether oxygens (including phenoxy) is 1. The van der Waals surface area contributed by atoms with E-state index in [1.165, 1.54) is 12.0 Å². The monoisotopic (exact) mass is 205 g/mol. The first-order valence-corrected chi connectivity index (χ1v) is 5.55. The summed E-state index contributed by atoms with van der Waals surface area (Å²) < 4.78 is 5.70. The molecule has 1 aromatic carbocycles. The Hall–Kier alpha value is -0.860. The predicted octanol–water partition coefficient (Wildman–Crippen LogP) is 2.15. The lowest BCUT2D eigenvalue weighted by Gasteiger charge is -2.09. The Kier molecular flexibility index (Phi) is 3.39. The van der Waals surface area contributed by atoms with E-state index < -0.39 is 0 Å². The third-order valence-corrected chi connectivity index (χ3v) is 2.99. The van der Waals surface area contributed by atoms with Gasteiger partial charge in [0.2, 0.25) is 0 Å².